The molecular weight excluding hydrogens is 1300 g/mol. The van der Waals surface area contributed by atoms with Gasteiger partial charge in [-0.25, -0.2) is 50.5 Å². The van der Waals surface area contributed by atoms with Crippen molar-refractivity contribution in [2.24, 2.45) is 0 Å². The number of anilines is 10. The predicted molar refractivity (Wildman–Crippen MR) is 261 cm³/mol. The minimum Gasteiger partial charge on any atom is -0.744 e. The summed E-state index contributed by atoms with van der Waals surface area (Å²) in [5.41, 5.74) is -2.47. The van der Waals surface area contributed by atoms with E-state index in [1.165, 1.54) is 12.1 Å². The summed E-state index contributed by atoms with van der Waals surface area (Å²) in [5.74, 6) is -2.07. The Morgan fingerprint density at radius 3 is 0.952 bits per heavy atom. The third-order valence-electron chi connectivity index (χ3n) is 10.9. The number of hydrogen-bond donors (Lipinski definition) is 4. The molecule has 0 saturated carbocycles. The molecule has 8 rings (SSSR count). The van der Waals surface area contributed by atoms with Gasteiger partial charge in [-0.1, -0.05) is 24.3 Å². The van der Waals surface area contributed by atoms with E-state index < -0.39 is 125 Å². The number of ether oxygens (including phenoxy) is 2. The monoisotopic (exact) mass is 1330 g/mol. The molecule has 0 unspecified atom stereocenters. The Morgan fingerprint density at radius 2 is 0.667 bits per heavy atom. The molecule has 0 atom stereocenters. The van der Waals surface area contributed by atoms with Gasteiger partial charge < -0.3 is 67.9 Å². The van der Waals surface area contributed by atoms with Crippen molar-refractivity contribution in [3.05, 3.63) is 83.9 Å². The van der Waals surface area contributed by atoms with Gasteiger partial charge in [-0.2, -0.15) is 29.9 Å². The summed E-state index contributed by atoms with van der Waals surface area (Å²) in [6.07, 6.45) is 1.99. The number of aromatic nitrogens is 6. The molecule has 6 aromatic rings. The van der Waals surface area contributed by atoms with E-state index in [1.807, 2.05) is 0 Å². The molecule has 4 N–H and O–H groups in total. The molecule has 32 nitrogen and oxygen atoms in total. The topological polar surface area (TPSA) is 494 Å². The van der Waals surface area contributed by atoms with E-state index in [2.05, 4.69) is 51.2 Å². The maximum Gasteiger partial charge on any atom is 1.00 e. The molecule has 0 aliphatic carbocycles. The molecule has 0 amide bonds. The molecule has 2 aliphatic heterocycles. The summed E-state index contributed by atoms with van der Waals surface area (Å²) in [6, 6.07) is 9.81. The van der Waals surface area contributed by atoms with Crippen LogP contribution < -0.4 is 208 Å². The summed E-state index contributed by atoms with van der Waals surface area (Å²) in [6.45, 7) is 1.62. The third kappa shape index (κ3) is 21.2. The van der Waals surface area contributed by atoms with Gasteiger partial charge in [0.2, 0.25) is 35.7 Å². The van der Waals surface area contributed by atoms with Crippen LogP contribution in [0.25, 0.3) is 12.2 Å². The van der Waals surface area contributed by atoms with Crippen molar-refractivity contribution in [1.82, 2.24) is 29.9 Å². The van der Waals surface area contributed by atoms with Crippen LogP contribution in [0.15, 0.2) is 102 Å². The van der Waals surface area contributed by atoms with Crippen LogP contribution in [0.2, 0.25) is 0 Å². The van der Waals surface area contributed by atoms with E-state index in [9.17, 15) is 77.8 Å². The molecular formula is C40H34N12Na6O20S6. The van der Waals surface area contributed by atoms with Crippen molar-refractivity contribution in [3.63, 3.8) is 0 Å². The molecule has 4 heterocycles. The summed E-state index contributed by atoms with van der Waals surface area (Å²) >= 11 is 0. The van der Waals surface area contributed by atoms with Crippen LogP contribution in [0.4, 0.5) is 58.4 Å². The van der Waals surface area contributed by atoms with Gasteiger partial charge in [0.1, 0.15) is 60.7 Å². The van der Waals surface area contributed by atoms with Crippen LogP contribution in [0, 0.1) is 0 Å². The van der Waals surface area contributed by atoms with E-state index in [4.69, 9.17) is 9.47 Å². The van der Waals surface area contributed by atoms with Crippen molar-refractivity contribution >= 4 is 131 Å². The molecule has 2 saturated heterocycles. The first-order chi connectivity index (χ1) is 36.4. The van der Waals surface area contributed by atoms with E-state index in [0.717, 1.165) is 36.4 Å². The maximum absolute atomic E-state index is 12.7. The molecule has 0 spiro atoms. The maximum atomic E-state index is 12.7. The number of morpholine rings is 2. The molecule has 2 fully saturated rings. The molecule has 416 valence electrons. The van der Waals surface area contributed by atoms with Crippen LogP contribution in [-0.2, 0) is 70.2 Å². The Morgan fingerprint density at radius 1 is 0.369 bits per heavy atom. The van der Waals surface area contributed by atoms with Gasteiger partial charge >= 0.3 is 177 Å². The van der Waals surface area contributed by atoms with E-state index >= 15 is 0 Å². The Balaban J connectivity index is 0.00000401. The Labute approximate surface area is 613 Å². The zero-order valence-electron chi connectivity index (χ0n) is 44.9. The Bertz CT molecular complexity index is 3860. The predicted octanol–water partition coefficient (Wildman–Crippen LogP) is -17.7. The van der Waals surface area contributed by atoms with Crippen molar-refractivity contribution in [3.8, 4) is 0 Å². The smallest absolute Gasteiger partial charge is 0.744 e. The number of nitrogens with one attached hydrogen (secondary N) is 4. The molecule has 44 heteroatoms. The average Bonchev–Trinajstić information content (AvgIpc) is 3.54. The third-order valence-corrected chi connectivity index (χ3v) is 16.1. The van der Waals surface area contributed by atoms with E-state index in [-0.39, 0.29) is 264 Å². The van der Waals surface area contributed by atoms with Gasteiger partial charge in [0.05, 0.1) is 67.2 Å². The van der Waals surface area contributed by atoms with Crippen LogP contribution in [0.3, 0.4) is 0 Å². The number of rotatable bonds is 18. The summed E-state index contributed by atoms with van der Waals surface area (Å²) in [4.78, 5) is 22.8. The van der Waals surface area contributed by atoms with Crippen LogP contribution in [0.5, 0.6) is 0 Å². The van der Waals surface area contributed by atoms with Crippen molar-refractivity contribution in [1.29, 1.82) is 0 Å². The standard InChI is InChI=1S/C40H40N12O20S6.6Na/c53-73(54,55)27-7-9-31(75(59,60)61)29(21-27)43-37-45-35(47-39(49-37)51-11-15-71-16-12-51)41-25-5-3-23(33(19-25)77(65,66)67)1-2-24-4-6-26(20-34(24)78(68,69)70)42-36-46-38(50-40(48-36)52-13-17-72-18-14-52)44-30-22-28(74(56,57)58)8-10-32(30)76(62,63)64;;;;;;/h1-10,19-22H,11-18H2,(H,53,54,55)(H,56,57,58)(H,59,60,61)(H,62,63,64)(H,65,66,67)(H,68,69,70)(H2,41,43,45,47,49)(H2,42,44,46,48,50);;;;;;/q;6*+1/p-6. The van der Waals surface area contributed by atoms with Gasteiger partial charge in [0, 0.05) is 37.6 Å². The second-order valence-electron chi connectivity index (χ2n) is 16.1. The minimum atomic E-state index is -5.40. The van der Waals surface area contributed by atoms with Crippen LogP contribution in [0.1, 0.15) is 11.1 Å². The average molecular weight is 1330 g/mol. The van der Waals surface area contributed by atoms with Gasteiger partial charge in [0.15, 0.2) is 0 Å². The molecule has 2 aromatic heterocycles. The van der Waals surface area contributed by atoms with Crippen LogP contribution >= 0.6 is 0 Å². The second-order valence-corrected chi connectivity index (χ2v) is 24.3. The first-order valence-corrected chi connectivity index (χ1v) is 30.1. The van der Waals surface area contributed by atoms with Crippen molar-refractivity contribution in [2.45, 2.75) is 29.4 Å². The quantitative estimate of drug-likeness (QED) is 0.0353. The van der Waals surface area contributed by atoms with Gasteiger partial charge in [-0.3, -0.25) is 0 Å². The van der Waals surface area contributed by atoms with Crippen LogP contribution in [-0.4, -0.2) is 160 Å². The largest absolute Gasteiger partial charge is 1.00 e. The fourth-order valence-electron chi connectivity index (χ4n) is 7.33. The zero-order valence-corrected chi connectivity index (χ0v) is 61.8. The Kier molecular flexibility index (Phi) is 30.3. The fourth-order valence-corrected chi connectivity index (χ4v) is 10.9. The Hall–Kier alpha value is -1.18. The van der Waals surface area contributed by atoms with E-state index in [0.29, 0.717) is 36.4 Å². The zero-order chi connectivity index (χ0) is 56.6. The summed E-state index contributed by atoms with van der Waals surface area (Å²) < 4.78 is 230. The summed E-state index contributed by atoms with van der Waals surface area (Å²) in [7, 11) is -31.8. The number of hydrogen-bond acceptors (Lipinski definition) is 32. The van der Waals surface area contributed by atoms with Gasteiger partial charge in [-0.05, 0) is 71.8 Å². The first kappa shape index (κ1) is 78.9. The minimum absolute atomic E-state index is 0. The van der Waals surface area contributed by atoms with Crippen molar-refractivity contribution in [2.75, 3.05) is 83.7 Å². The molecule has 4 aromatic carbocycles. The number of benzene rings is 4. The summed E-state index contributed by atoms with van der Waals surface area (Å²) in [5, 5.41) is 10.2. The molecule has 2 aliphatic rings. The first-order valence-electron chi connectivity index (χ1n) is 21.6. The normalized spacial score (nSPS) is 14.0. The van der Waals surface area contributed by atoms with Gasteiger partial charge in [-0.15, -0.1) is 0 Å². The molecule has 0 bridgehead atoms. The van der Waals surface area contributed by atoms with Crippen molar-refractivity contribution < 1.29 is 265 Å². The SMILES string of the molecule is O=S(=O)([O-])c1ccc(S(=O)(=O)[O-])c(Nc2nc(Nc3ccc(C=Cc4ccc(Nc5nc(Nc6cc(S(=O)(=O)[O-])ccc6S(=O)(=O)[O-])nc(N6CCOCC6)n5)cc4S(=O)(=O)[O-])c(S(=O)(=O)[O-])c3)nc(N3CCOCC3)n2)c1.[Na+].[Na+].[Na+].[Na+].[Na+].[Na+]. The fraction of sp³-hybridized carbons (Fsp3) is 0.200. The second kappa shape index (κ2) is 32.2. The molecule has 84 heavy (non-hydrogen) atoms. The number of nitrogens with zero attached hydrogens (tertiary/aromatic N) is 8. The van der Waals surface area contributed by atoms with Gasteiger partial charge in [0.25, 0.3) is 0 Å². The molecule has 0 radical (unpaired) electrons. The van der Waals surface area contributed by atoms with E-state index in [1.54, 1.807) is 9.80 Å².